The Labute approximate surface area is 120 Å². The second-order valence-corrected chi connectivity index (χ2v) is 4.80. The Kier molecular flexibility index (Phi) is 4.80. The molecule has 0 spiro atoms. The molecule has 6 nitrogen and oxygen atoms in total. The van der Waals surface area contributed by atoms with Crippen LogP contribution in [0.4, 0.5) is 15.8 Å². The average Bonchev–Trinajstić information content (AvgIpc) is 2.91. The zero-order valence-electron chi connectivity index (χ0n) is 10.6. The van der Waals surface area contributed by atoms with Crippen molar-refractivity contribution in [3.8, 4) is 0 Å². The van der Waals surface area contributed by atoms with Gasteiger partial charge in [-0.15, -0.1) is 0 Å². The molecule has 1 aliphatic rings. The predicted molar refractivity (Wildman–Crippen MR) is 76.3 cm³/mol. The molecule has 108 valence electrons. The van der Waals surface area contributed by atoms with Crippen LogP contribution < -0.4 is 10.6 Å². The van der Waals surface area contributed by atoms with Crippen LogP contribution in [-0.2, 0) is 4.74 Å². The minimum absolute atomic E-state index is 0.136. The molecule has 2 rings (SSSR count). The molecule has 0 aliphatic carbocycles. The fourth-order valence-corrected chi connectivity index (χ4v) is 2.12. The van der Waals surface area contributed by atoms with Crippen molar-refractivity contribution in [3.63, 3.8) is 0 Å². The summed E-state index contributed by atoms with van der Waals surface area (Å²) in [5.74, 6) is -0.876. The second kappa shape index (κ2) is 6.58. The lowest BCUT2D eigenvalue weighted by atomic mass is 10.2. The third-order valence-electron chi connectivity index (χ3n) is 2.91. The van der Waals surface area contributed by atoms with Crippen molar-refractivity contribution in [1.29, 1.82) is 0 Å². The fraction of sp³-hybridized carbons (Fsp3) is 0.417. The number of nitrogens with zero attached hydrogens (tertiary/aromatic N) is 1. The van der Waals surface area contributed by atoms with E-state index in [1.165, 1.54) is 6.07 Å². The molecule has 1 heterocycles. The van der Waals surface area contributed by atoms with Gasteiger partial charge in [0.2, 0.25) is 5.82 Å². The van der Waals surface area contributed by atoms with E-state index < -0.39 is 16.4 Å². The summed E-state index contributed by atoms with van der Waals surface area (Å²) in [6, 6.07) is 3.53. The van der Waals surface area contributed by atoms with Gasteiger partial charge in [-0.1, -0.05) is 0 Å². The maximum absolute atomic E-state index is 13.2. The number of rotatable bonds is 4. The maximum Gasteiger partial charge on any atom is 0.306 e. The van der Waals surface area contributed by atoms with Crippen molar-refractivity contribution in [2.45, 2.75) is 18.9 Å². The number of nitro benzene ring substituents is 1. The molecule has 0 radical (unpaired) electrons. The second-order valence-electron chi connectivity index (χ2n) is 4.39. The molecule has 1 fully saturated rings. The number of thiocarbonyl (C=S) groups is 1. The summed E-state index contributed by atoms with van der Waals surface area (Å²) in [4.78, 5) is 9.86. The molecule has 1 saturated heterocycles. The number of halogens is 1. The highest BCUT2D eigenvalue weighted by molar-refractivity contribution is 7.80. The van der Waals surface area contributed by atoms with E-state index in [1.54, 1.807) is 0 Å². The Morgan fingerprint density at radius 1 is 1.60 bits per heavy atom. The third kappa shape index (κ3) is 3.84. The Morgan fingerprint density at radius 3 is 3.05 bits per heavy atom. The van der Waals surface area contributed by atoms with E-state index in [2.05, 4.69) is 10.6 Å². The van der Waals surface area contributed by atoms with Gasteiger partial charge in [-0.2, -0.15) is 4.39 Å². The summed E-state index contributed by atoms with van der Waals surface area (Å²) in [6.07, 6.45) is 2.16. The van der Waals surface area contributed by atoms with Crippen molar-refractivity contribution in [3.05, 3.63) is 34.1 Å². The zero-order chi connectivity index (χ0) is 14.5. The summed E-state index contributed by atoms with van der Waals surface area (Å²) in [6.45, 7) is 1.34. The van der Waals surface area contributed by atoms with E-state index in [-0.39, 0.29) is 6.10 Å². The lowest BCUT2D eigenvalue weighted by molar-refractivity contribution is -0.387. The van der Waals surface area contributed by atoms with Crippen LogP contribution in [0.1, 0.15) is 12.8 Å². The number of hydrogen-bond donors (Lipinski definition) is 2. The van der Waals surface area contributed by atoms with Gasteiger partial charge in [-0.25, -0.2) is 0 Å². The lowest BCUT2D eigenvalue weighted by Gasteiger charge is -2.14. The highest BCUT2D eigenvalue weighted by atomic mass is 32.1. The molecule has 0 unspecified atom stereocenters. The summed E-state index contributed by atoms with van der Waals surface area (Å²) < 4.78 is 18.6. The van der Waals surface area contributed by atoms with Crippen LogP contribution in [0.2, 0.25) is 0 Å². The first kappa shape index (κ1) is 14.6. The molecule has 20 heavy (non-hydrogen) atoms. The number of nitrogens with one attached hydrogen (secondary N) is 2. The normalized spacial score (nSPS) is 17.8. The van der Waals surface area contributed by atoms with Crippen molar-refractivity contribution in [2.24, 2.45) is 0 Å². The Balaban J connectivity index is 1.90. The Morgan fingerprint density at radius 2 is 2.40 bits per heavy atom. The number of hydrogen-bond acceptors (Lipinski definition) is 4. The number of nitro groups is 1. The molecular formula is C12H14FN3O3S. The molecule has 0 bridgehead atoms. The van der Waals surface area contributed by atoms with Gasteiger partial charge in [0.05, 0.1) is 11.0 Å². The largest absolute Gasteiger partial charge is 0.376 e. The molecule has 1 aromatic rings. The van der Waals surface area contributed by atoms with Crippen LogP contribution >= 0.6 is 12.2 Å². The van der Waals surface area contributed by atoms with Gasteiger partial charge in [0, 0.05) is 24.9 Å². The fourth-order valence-electron chi connectivity index (χ4n) is 1.92. The molecular weight excluding hydrogens is 285 g/mol. The van der Waals surface area contributed by atoms with E-state index in [9.17, 15) is 14.5 Å². The molecule has 1 aromatic carbocycles. The van der Waals surface area contributed by atoms with Crippen LogP contribution in [0.5, 0.6) is 0 Å². The first-order chi connectivity index (χ1) is 9.56. The Bertz CT molecular complexity index is 521. The van der Waals surface area contributed by atoms with E-state index in [0.717, 1.165) is 31.6 Å². The summed E-state index contributed by atoms with van der Waals surface area (Å²) in [5.41, 5.74) is -0.222. The molecule has 1 atom stereocenters. The van der Waals surface area contributed by atoms with Crippen LogP contribution in [0.15, 0.2) is 18.2 Å². The predicted octanol–water partition coefficient (Wildman–Crippen LogP) is 2.20. The molecule has 0 amide bonds. The number of benzene rings is 1. The molecule has 8 heteroatoms. The number of anilines is 1. The monoisotopic (exact) mass is 299 g/mol. The molecule has 0 aromatic heterocycles. The number of ether oxygens (including phenoxy) is 1. The standard InChI is InChI=1S/C12H14FN3O3S/c13-10-4-3-8(6-11(10)16(17)18)15-12(20)14-7-9-2-1-5-19-9/h3-4,6,9H,1-2,5,7H2,(H2,14,15,20)/t9-/m1/s1. The van der Waals surface area contributed by atoms with Crippen molar-refractivity contribution in [2.75, 3.05) is 18.5 Å². The SMILES string of the molecule is O=[N+]([O-])c1cc(NC(=S)NC[C@H]2CCCO2)ccc1F. The Hall–Kier alpha value is -1.80. The first-order valence-corrected chi connectivity index (χ1v) is 6.57. The van der Waals surface area contributed by atoms with Crippen LogP contribution in [-0.4, -0.2) is 29.3 Å². The van der Waals surface area contributed by atoms with Gasteiger partial charge in [-0.05, 0) is 37.2 Å². The minimum atomic E-state index is -0.876. The lowest BCUT2D eigenvalue weighted by Crippen LogP contribution is -2.34. The van der Waals surface area contributed by atoms with Gasteiger partial charge in [-0.3, -0.25) is 10.1 Å². The topological polar surface area (TPSA) is 76.4 Å². The van der Waals surface area contributed by atoms with Crippen molar-refractivity contribution < 1.29 is 14.1 Å². The van der Waals surface area contributed by atoms with Crippen molar-refractivity contribution in [1.82, 2.24) is 5.32 Å². The first-order valence-electron chi connectivity index (χ1n) is 6.16. The summed E-state index contributed by atoms with van der Waals surface area (Å²) in [5, 5.41) is 16.7. The average molecular weight is 299 g/mol. The van der Waals surface area contributed by atoms with E-state index in [0.29, 0.717) is 17.3 Å². The van der Waals surface area contributed by atoms with Gasteiger partial charge in [0.25, 0.3) is 0 Å². The smallest absolute Gasteiger partial charge is 0.306 e. The van der Waals surface area contributed by atoms with E-state index >= 15 is 0 Å². The van der Waals surface area contributed by atoms with E-state index in [4.69, 9.17) is 17.0 Å². The zero-order valence-corrected chi connectivity index (χ0v) is 11.4. The maximum atomic E-state index is 13.2. The van der Waals surface area contributed by atoms with Crippen LogP contribution in [0.25, 0.3) is 0 Å². The quantitative estimate of drug-likeness (QED) is 0.504. The molecule has 2 N–H and O–H groups in total. The third-order valence-corrected chi connectivity index (χ3v) is 3.16. The van der Waals surface area contributed by atoms with Gasteiger partial charge < -0.3 is 15.4 Å². The van der Waals surface area contributed by atoms with Gasteiger partial charge >= 0.3 is 5.69 Å². The van der Waals surface area contributed by atoms with Gasteiger partial charge in [0.15, 0.2) is 5.11 Å². The van der Waals surface area contributed by atoms with Crippen LogP contribution in [0, 0.1) is 15.9 Å². The van der Waals surface area contributed by atoms with Gasteiger partial charge in [0.1, 0.15) is 0 Å². The highest BCUT2D eigenvalue weighted by Crippen LogP contribution is 2.21. The summed E-state index contributed by atoms with van der Waals surface area (Å²) >= 11 is 5.07. The van der Waals surface area contributed by atoms with Crippen LogP contribution in [0.3, 0.4) is 0 Å². The van der Waals surface area contributed by atoms with Crippen molar-refractivity contribution >= 4 is 28.7 Å². The molecule has 0 saturated carbocycles. The highest BCUT2D eigenvalue weighted by Gasteiger charge is 2.16. The summed E-state index contributed by atoms with van der Waals surface area (Å²) in [7, 11) is 0. The van der Waals surface area contributed by atoms with E-state index in [1.807, 2.05) is 0 Å². The molecule has 1 aliphatic heterocycles. The minimum Gasteiger partial charge on any atom is -0.376 e.